The Labute approximate surface area is 221 Å². The molecule has 0 amide bonds. The number of rotatable bonds is 4. The van der Waals surface area contributed by atoms with E-state index in [1.165, 1.54) is 21.9 Å². The minimum atomic E-state index is -0.0719. The van der Waals surface area contributed by atoms with E-state index in [0.29, 0.717) is 27.6 Å². The molecule has 2 radical (unpaired) electrons. The molecule has 6 rings (SSSR count). The van der Waals surface area contributed by atoms with Crippen LogP contribution in [0.4, 0.5) is 11.4 Å². The normalized spacial score (nSPS) is 17.3. The van der Waals surface area contributed by atoms with E-state index >= 15 is 0 Å². The van der Waals surface area contributed by atoms with Crippen LogP contribution in [-0.4, -0.2) is 23.6 Å². The van der Waals surface area contributed by atoms with Crippen molar-refractivity contribution in [2.24, 2.45) is 5.10 Å². The second-order valence-corrected chi connectivity index (χ2v) is 10.0. The monoisotopic (exact) mass is 507 g/mol. The van der Waals surface area contributed by atoms with Gasteiger partial charge in [0.15, 0.2) is 0 Å². The molecule has 3 N–H and O–H groups in total. The molecule has 36 heavy (non-hydrogen) atoms. The second-order valence-electron chi connectivity index (χ2n) is 9.22. The first kappa shape index (κ1) is 23.0. The number of thiocarbonyl (C=S) groups is 1. The summed E-state index contributed by atoms with van der Waals surface area (Å²) >= 11 is 12.5. The first-order chi connectivity index (χ1) is 17.5. The summed E-state index contributed by atoms with van der Waals surface area (Å²) in [7, 11) is 5.94. The molecule has 176 valence electrons. The highest BCUT2D eigenvalue weighted by Crippen LogP contribution is 2.39. The van der Waals surface area contributed by atoms with Crippen molar-refractivity contribution in [1.29, 1.82) is 0 Å². The van der Waals surface area contributed by atoms with Crippen molar-refractivity contribution in [2.45, 2.75) is 25.6 Å². The number of nitrogen functional groups attached to an aromatic ring is 1. The van der Waals surface area contributed by atoms with Gasteiger partial charge >= 0.3 is 0 Å². The number of hydrazine groups is 1. The number of halogens is 1. The van der Waals surface area contributed by atoms with E-state index in [0.717, 1.165) is 30.1 Å². The molecule has 1 atom stereocenters. The molecule has 0 aliphatic carbocycles. The number of benzene rings is 4. The van der Waals surface area contributed by atoms with Crippen LogP contribution in [0.2, 0.25) is 5.02 Å². The fraction of sp³-hybridized carbons (Fsp3) is 0.143. The SMILES string of the molecule is [B]c1ccc(C2CC(C(=S)NN3Cc4cccc5cccc(c45)C3)=NN2c2ccc(N)cc2Cl)cc1. The number of hydrogen-bond donors (Lipinski definition) is 2. The van der Waals surface area contributed by atoms with Gasteiger partial charge in [-0.2, -0.15) is 5.10 Å². The molecule has 0 spiro atoms. The van der Waals surface area contributed by atoms with Gasteiger partial charge in [0.1, 0.15) is 12.8 Å². The molecule has 0 saturated carbocycles. The smallest absolute Gasteiger partial charge is 0.137 e. The maximum Gasteiger partial charge on any atom is 0.137 e. The number of anilines is 2. The molecule has 1 unspecified atom stereocenters. The number of nitrogens with zero attached hydrogens (tertiary/aromatic N) is 3. The predicted octanol–water partition coefficient (Wildman–Crippen LogP) is 5.02. The van der Waals surface area contributed by atoms with Gasteiger partial charge in [0.25, 0.3) is 0 Å². The van der Waals surface area contributed by atoms with Crippen LogP contribution in [0.25, 0.3) is 10.8 Å². The van der Waals surface area contributed by atoms with Gasteiger partial charge < -0.3 is 11.2 Å². The van der Waals surface area contributed by atoms with Gasteiger partial charge in [-0.1, -0.05) is 89.9 Å². The number of hydrogen-bond acceptors (Lipinski definition) is 5. The third kappa shape index (κ3) is 4.24. The molecule has 4 aromatic carbocycles. The summed E-state index contributed by atoms with van der Waals surface area (Å²) in [5.41, 5.74) is 16.0. The molecule has 2 aliphatic rings. The van der Waals surface area contributed by atoms with Gasteiger partial charge in [0.05, 0.1) is 22.5 Å². The molecule has 2 aliphatic heterocycles. The van der Waals surface area contributed by atoms with Gasteiger partial charge in [-0.3, -0.25) is 5.01 Å². The van der Waals surface area contributed by atoms with Crippen LogP contribution in [0.1, 0.15) is 29.2 Å². The van der Waals surface area contributed by atoms with Crippen LogP contribution in [0.15, 0.2) is 84.0 Å². The van der Waals surface area contributed by atoms with Gasteiger partial charge in [0, 0.05) is 25.2 Å². The summed E-state index contributed by atoms with van der Waals surface area (Å²) in [6, 6.07) is 26.1. The van der Waals surface area contributed by atoms with E-state index in [1.54, 1.807) is 6.07 Å². The zero-order valence-electron chi connectivity index (χ0n) is 19.5. The van der Waals surface area contributed by atoms with Gasteiger partial charge in [0.2, 0.25) is 0 Å². The van der Waals surface area contributed by atoms with Crippen LogP contribution in [0.5, 0.6) is 0 Å². The Morgan fingerprint density at radius 3 is 2.36 bits per heavy atom. The van der Waals surface area contributed by atoms with Crippen molar-refractivity contribution in [1.82, 2.24) is 10.4 Å². The lowest BCUT2D eigenvalue weighted by Gasteiger charge is -2.30. The average Bonchev–Trinajstić information content (AvgIpc) is 3.30. The van der Waals surface area contributed by atoms with Crippen LogP contribution < -0.4 is 21.6 Å². The second kappa shape index (κ2) is 9.24. The van der Waals surface area contributed by atoms with Gasteiger partial charge in [-0.05, 0) is 45.7 Å². The Kier molecular flexibility index (Phi) is 5.92. The van der Waals surface area contributed by atoms with E-state index in [9.17, 15) is 0 Å². The maximum absolute atomic E-state index is 6.59. The summed E-state index contributed by atoms with van der Waals surface area (Å²) in [5.74, 6) is 0. The lowest BCUT2D eigenvalue weighted by molar-refractivity contribution is 0.215. The molecule has 0 aromatic heterocycles. The predicted molar refractivity (Wildman–Crippen MR) is 154 cm³/mol. The van der Waals surface area contributed by atoms with Crippen molar-refractivity contribution >= 4 is 70.0 Å². The van der Waals surface area contributed by atoms with Crippen LogP contribution >= 0.6 is 23.8 Å². The minimum Gasteiger partial charge on any atom is -0.399 e. The molecular weight excluding hydrogens is 485 g/mol. The molecule has 0 saturated heterocycles. The van der Waals surface area contributed by atoms with Crippen molar-refractivity contribution < 1.29 is 0 Å². The third-order valence-electron chi connectivity index (χ3n) is 6.77. The first-order valence-electron chi connectivity index (χ1n) is 11.8. The van der Waals surface area contributed by atoms with Crippen LogP contribution in [0.3, 0.4) is 0 Å². The largest absolute Gasteiger partial charge is 0.399 e. The number of nitrogens with two attached hydrogens (primary N) is 1. The first-order valence-corrected chi connectivity index (χ1v) is 12.6. The number of hydrazone groups is 1. The maximum atomic E-state index is 6.59. The fourth-order valence-electron chi connectivity index (χ4n) is 5.08. The summed E-state index contributed by atoms with van der Waals surface area (Å²) in [6.07, 6.45) is 0.635. The van der Waals surface area contributed by atoms with Crippen molar-refractivity contribution in [3.05, 3.63) is 101 Å². The van der Waals surface area contributed by atoms with Crippen molar-refractivity contribution in [2.75, 3.05) is 10.7 Å². The topological polar surface area (TPSA) is 56.9 Å². The Morgan fingerprint density at radius 2 is 1.69 bits per heavy atom. The molecular formula is C28H23BClN5S. The lowest BCUT2D eigenvalue weighted by atomic mass is 9.92. The molecule has 4 aromatic rings. The summed E-state index contributed by atoms with van der Waals surface area (Å²) in [6.45, 7) is 1.52. The van der Waals surface area contributed by atoms with E-state index in [2.05, 4.69) is 46.8 Å². The molecule has 0 bridgehead atoms. The Hall–Kier alpha value is -3.39. The summed E-state index contributed by atoms with van der Waals surface area (Å²) < 4.78 is 0. The van der Waals surface area contributed by atoms with Crippen LogP contribution in [-0.2, 0) is 13.1 Å². The highest BCUT2D eigenvalue weighted by Gasteiger charge is 2.33. The van der Waals surface area contributed by atoms with E-state index in [1.807, 2.05) is 41.4 Å². The van der Waals surface area contributed by atoms with E-state index < -0.39 is 0 Å². The zero-order valence-corrected chi connectivity index (χ0v) is 21.1. The molecule has 2 heterocycles. The summed E-state index contributed by atoms with van der Waals surface area (Å²) in [5, 5.41) is 12.2. The van der Waals surface area contributed by atoms with Gasteiger partial charge in [-0.15, -0.1) is 0 Å². The highest BCUT2D eigenvalue weighted by atomic mass is 35.5. The minimum absolute atomic E-state index is 0.0719. The standard InChI is InChI=1S/C28H23BClN5S/c29-21-9-7-17(8-10-21)26-14-24(32-35(26)25-12-11-22(31)13-23(25)30)28(36)33-34-15-19-5-1-3-18-4-2-6-20(16-34)27(18)19/h1-13,26H,14-16,31H2,(H,33,36). The highest BCUT2D eigenvalue weighted by molar-refractivity contribution is 7.82. The Morgan fingerprint density at radius 1 is 1.00 bits per heavy atom. The third-order valence-corrected chi connectivity index (χ3v) is 7.40. The number of nitrogens with one attached hydrogen (secondary N) is 1. The summed E-state index contributed by atoms with van der Waals surface area (Å²) in [4.78, 5) is 0.607. The molecule has 5 nitrogen and oxygen atoms in total. The fourth-order valence-corrected chi connectivity index (χ4v) is 5.60. The quantitative estimate of drug-likeness (QED) is 0.231. The van der Waals surface area contributed by atoms with Crippen molar-refractivity contribution in [3.63, 3.8) is 0 Å². The average molecular weight is 508 g/mol. The lowest BCUT2D eigenvalue weighted by Crippen LogP contribution is -2.44. The van der Waals surface area contributed by atoms with Crippen LogP contribution in [0, 0.1) is 0 Å². The zero-order chi connectivity index (χ0) is 24.8. The molecule has 0 fully saturated rings. The van der Waals surface area contributed by atoms with Gasteiger partial charge in [-0.25, -0.2) is 5.01 Å². The Balaban J connectivity index is 1.28. The Bertz CT molecular complexity index is 1480. The van der Waals surface area contributed by atoms with E-state index in [-0.39, 0.29) is 6.04 Å². The van der Waals surface area contributed by atoms with Crippen molar-refractivity contribution in [3.8, 4) is 0 Å². The molecule has 8 heteroatoms. The van der Waals surface area contributed by atoms with E-state index in [4.69, 9.17) is 42.5 Å².